The molecule has 6 heteroatoms. The van der Waals surface area contributed by atoms with Crippen molar-refractivity contribution >= 4 is 6.09 Å². The largest absolute Gasteiger partial charge is 0.465 e. The number of rotatable bonds is 2. The average molecular weight is 223 g/mol. The molecule has 1 aromatic heterocycles. The summed E-state index contributed by atoms with van der Waals surface area (Å²) in [6.45, 7) is 0.363. The molecular formula is C10H13N3O3. The zero-order valence-electron chi connectivity index (χ0n) is 8.70. The summed E-state index contributed by atoms with van der Waals surface area (Å²) in [6, 6.07) is 1.34. The molecule has 1 aliphatic rings. The minimum atomic E-state index is -0.944. The van der Waals surface area contributed by atoms with E-state index < -0.39 is 6.09 Å². The van der Waals surface area contributed by atoms with Crippen LogP contribution in [0, 0.1) is 0 Å². The Morgan fingerprint density at radius 2 is 2.44 bits per heavy atom. The van der Waals surface area contributed by atoms with Crippen LogP contribution in [0.5, 0.6) is 0 Å². The predicted molar refractivity (Wildman–Crippen MR) is 54.7 cm³/mol. The number of aliphatic hydroxyl groups excluding tert-OH is 1. The molecule has 1 aromatic rings. The number of likely N-dealkylation sites (tertiary alicyclic amines) is 1. The van der Waals surface area contributed by atoms with Crippen LogP contribution in [0.1, 0.15) is 30.4 Å². The molecular weight excluding hydrogens is 210 g/mol. The van der Waals surface area contributed by atoms with Crippen molar-refractivity contribution in [3.8, 4) is 0 Å². The van der Waals surface area contributed by atoms with Gasteiger partial charge in [-0.25, -0.2) is 14.8 Å². The summed E-state index contributed by atoms with van der Waals surface area (Å²) in [5.74, 6) is 0.478. The van der Waals surface area contributed by atoms with Crippen molar-refractivity contribution in [3.63, 3.8) is 0 Å². The summed E-state index contributed by atoms with van der Waals surface area (Å²) in [5, 5.41) is 18.0. The lowest BCUT2D eigenvalue weighted by Gasteiger charge is -2.20. The van der Waals surface area contributed by atoms with Crippen molar-refractivity contribution in [2.45, 2.75) is 25.5 Å². The van der Waals surface area contributed by atoms with Crippen molar-refractivity contribution in [2.75, 3.05) is 6.54 Å². The highest BCUT2D eigenvalue weighted by Gasteiger charge is 2.31. The van der Waals surface area contributed by atoms with Gasteiger partial charge in [-0.3, -0.25) is 4.90 Å². The van der Waals surface area contributed by atoms with Crippen LogP contribution < -0.4 is 0 Å². The van der Waals surface area contributed by atoms with Crippen LogP contribution in [0.4, 0.5) is 4.79 Å². The fraction of sp³-hybridized carbons (Fsp3) is 0.500. The summed E-state index contributed by atoms with van der Waals surface area (Å²) in [7, 11) is 0. The van der Waals surface area contributed by atoms with Crippen molar-refractivity contribution < 1.29 is 15.0 Å². The maximum atomic E-state index is 11.0. The zero-order valence-corrected chi connectivity index (χ0v) is 8.70. The Labute approximate surface area is 92.6 Å². The summed E-state index contributed by atoms with van der Waals surface area (Å²) in [5.41, 5.74) is 0.516. The number of aromatic nitrogens is 2. The van der Waals surface area contributed by atoms with Gasteiger partial charge in [-0.05, 0) is 18.9 Å². The van der Waals surface area contributed by atoms with Crippen LogP contribution in [0.2, 0.25) is 0 Å². The highest BCUT2D eigenvalue weighted by molar-refractivity contribution is 5.66. The normalized spacial score (nSPS) is 20.1. The van der Waals surface area contributed by atoms with Gasteiger partial charge in [0.05, 0.1) is 18.3 Å². The fourth-order valence-corrected chi connectivity index (χ4v) is 1.93. The van der Waals surface area contributed by atoms with E-state index in [2.05, 4.69) is 9.97 Å². The number of carbonyl (C=O) groups is 1. The quantitative estimate of drug-likeness (QED) is 0.773. The monoisotopic (exact) mass is 223 g/mol. The van der Waals surface area contributed by atoms with Crippen LogP contribution in [0.3, 0.4) is 0 Å². The lowest BCUT2D eigenvalue weighted by molar-refractivity contribution is 0.138. The average Bonchev–Trinajstić information content (AvgIpc) is 2.78. The first-order valence-corrected chi connectivity index (χ1v) is 5.14. The lowest BCUT2D eigenvalue weighted by Crippen LogP contribution is -2.29. The number of carboxylic acid groups (broad SMARTS) is 1. The van der Waals surface area contributed by atoms with E-state index in [0.717, 1.165) is 12.8 Å². The van der Waals surface area contributed by atoms with E-state index in [9.17, 15) is 4.79 Å². The Morgan fingerprint density at radius 3 is 3.12 bits per heavy atom. The van der Waals surface area contributed by atoms with E-state index in [1.54, 1.807) is 12.3 Å². The van der Waals surface area contributed by atoms with Crippen molar-refractivity contribution in [2.24, 2.45) is 0 Å². The number of amides is 1. The molecule has 2 rings (SSSR count). The second kappa shape index (κ2) is 4.44. The zero-order chi connectivity index (χ0) is 11.5. The molecule has 16 heavy (non-hydrogen) atoms. The second-order valence-corrected chi connectivity index (χ2v) is 3.70. The van der Waals surface area contributed by atoms with Gasteiger partial charge in [0.25, 0.3) is 0 Å². The van der Waals surface area contributed by atoms with Gasteiger partial charge in [0.15, 0.2) is 5.82 Å². The first-order valence-electron chi connectivity index (χ1n) is 5.14. The van der Waals surface area contributed by atoms with Gasteiger partial charge in [0.1, 0.15) is 0 Å². The van der Waals surface area contributed by atoms with Gasteiger partial charge in [0, 0.05) is 12.7 Å². The van der Waals surface area contributed by atoms with Crippen molar-refractivity contribution in [3.05, 3.63) is 23.8 Å². The molecule has 0 bridgehead atoms. The van der Waals surface area contributed by atoms with E-state index in [4.69, 9.17) is 10.2 Å². The van der Waals surface area contributed by atoms with E-state index in [0.29, 0.717) is 18.1 Å². The van der Waals surface area contributed by atoms with E-state index in [1.807, 2.05) is 0 Å². The smallest absolute Gasteiger partial charge is 0.407 e. The Kier molecular flexibility index (Phi) is 3.00. The number of aliphatic hydroxyl groups is 1. The molecule has 1 amide bonds. The standard InChI is InChI=1S/C10H13N3O3/c14-6-7-3-4-11-9(12-7)8-2-1-5-13(8)10(15)16/h3-4,8,14H,1-2,5-6H2,(H,15,16). The Balaban J connectivity index is 2.25. The molecule has 1 atom stereocenters. The Bertz CT molecular complexity index is 397. The molecule has 1 aliphatic heterocycles. The molecule has 0 aromatic carbocycles. The minimum Gasteiger partial charge on any atom is -0.465 e. The Hall–Kier alpha value is -1.69. The van der Waals surface area contributed by atoms with E-state index in [-0.39, 0.29) is 12.6 Å². The van der Waals surface area contributed by atoms with Gasteiger partial charge >= 0.3 is 6.09 Å². The fourth-order valence-electron chi connectivity index (χ4n) is 1.93. The lowest BCUT2D eigenvalue weighted by atomic mass is 10.2. The van der Waals surface area contributed by atoms with Crippen molar-refractivity contribution in [1.29, 1.82) is 0 Å². The number of hydrogen-bond donors (Lipinski definition) is 2. The van der Waals surface area contributed by atoms with Gasteiger partial charge in [-0.15, -0.1) is 0 Å². The molecule has 0 spiro atoms. The maximum absolute atomic E-state index is 11.0. The van der Waals surface area contributed by atoms with E-state index in [1.165, 1.54) is 4.90 Å². The van der Waals surface area contributed by atoms with Crippen LogP contribution in [0.15, 0.2) is 12.3 Å². The second-order valence-electron chi connectivity index (χ2n) is 3.70. The summed E-state index contributed by atoms with van der Waals surface area (Å²) < 4.78 is 0. The summed E-state index contributed by atoms with van der Waals surface area (Å²) in [4.78, 5) is 20.5. The molecule has 0 radical (unpaired) electrons. The minimum absolute atomic E-state index is 0.157. The molecule has 2 heterocycles. The van der Waals surface area contributed by atoms with Crippen LogP contribution >= 0.6 is 0 Å². The third kappa shape index (κ3) is 1.96. The summed E-state index contributed by atoms with van der Waals surface area (Å²) >= 11 is 0. The number of hydrogen-bond acceptors (Lipinski definition) is 4. The number of nitrogens with zero attached hydrogens (tertiary/aromatic N) is 3. The SMILES string of the molecule is O=C(O)N1CCCC1c1nccc(CO)n1. The molecule has 1 unspecified atom stereocenters. The van der Waals surface area contributed by atoms with Crippen LogP contribution in [-0.2, 0) is 6.61 Å². The first kappa shape index (κ1) is 10.8. The molecule has 6 nitrogen and oxygen atoms in total. The molecule has 1 saturated heterocycles. The van der Waals surface area contributed by atoms with Gasteiger partial charge < -0.3 is 10.2 Å². The van der Waals surface area contributed by atoms with Crippen LogP contribution in [-0.4, -0.2) is 37.7 Å². The highest BCUT2D eigenvalue weighted by Crippen LogP contribution is 2.29. The molecule has 1 fully saturated rings. The topological polar surface area (TPSA) is 86.5 Å². The third-order valence-corrected chi connectivity index (χ3v) is 2.69. The molecule has 2 N–H and O–H groups in total. The molecule has 86 valence electrons. The first-order chi connectivity index (χ1) is 7.72. The maximum Gasteiger partial charge on any atom is 0.407 e. The highest BCUT2D eigenvalue weighted by atomic mass is 16.4. The Morgan fingerprint density at radius 1 is 1.62 bits per heavy atom. The summed E-state index contributed by atoms with van der Waals surface area (Å²) in [6.07, 6.45) is 2.16. The molecule has 0 aliphatic carbocycles. The molecule has 0 saturated carbocycles. The van der Waals surface area contributed by atoms with Crippen molar-refractivity contribution in [1.82, 2.24) is 14.9 Å². The van der Waals surface area contributed by atoms with Crippen LogP contribution in [0.25, 0.3) is 0 Å². The van der Waals surface area contributed by atoms with Gasteiger partial charge in [-0.1, -0.05) is 0 Å². The third-order valence-electron chi connectivity index (χ3n) is 2.69. The van der Waals surface area contributed by atoms with Gasteiger partial charge in [0.2, 0.25) is 0 Å². The van der Waals surface area contributed by atoms with Gasteiger partial charge in [-0.2, -0.15) is 0 Å². The predicted octanol–water partition coefficient (Wildman–Crippen LogP) is 0.784. The van der Waals surface area contributed by atoms with E-state index >= 15 is 0 Å².